The van der Waals surface area contributed by atoms with Crippen molar-refractivity contribution in [1.82, 2.24) is 15.1 Å². The van der Waals surface area contributed by atoms with Crippen LogP contribution in [0.15, 0.2) is 12.2 Å². The molecule has 0 unspecified atom stereocenters. The summed E-state index contributed by atoms with van der Waals surface area (Å²) in [6, 6.07) is 0. The quantitative estimate of drug-likeness (QED) is 0.540. The number of likely N-dealkylation sites (tertiary alicyclic amines) is 1. The van der Waals surface area contributed by atoms with Crippen molar-refractivity contribution in [2.45, 2.75) is 12.8 Å². The number of nitrogens with one attached hydrogen (secondary N) is 1. The van der Waals surface area contributed by atoms with Gasteiger partial charge in [0.05, 0.1) is 18.4 Å². The molecule has 0 aromatic rings. The number of rotatable bonds is 4. The van der Waals surface area contributed by atoms with Gasteiger partial charge in [0, 0.05) is 14.1 Å². The van der Waals surface area contributed by atoms with Crippen LogP contribution in [0.1, 0.15) is 12.8 Å². The topological polar surface area (TPSA) is 86.8 Å². The Morgan fingerprint density at radius 3 is 2.24 bits per heavy atom. The van der Waals surface area contributed by atoms with Gasteiger partial charge >= 0.3 is 0 Å². The van der Waals surface area contributed by atoms with Gasteiger partial charge in [-0.3, -0.25) is 24.1 Å². The summed E-state index contributed by atoms with van der Waals surface area (Å²) in [6.45, 7) is -0.391. The van der Waals surface area contributed by atoms with E-state index >= 15 is 0 Å². The Hall–Kier alpha value is -2.18. The first-order chi connectivity index (χ1) is 9.95. The predicted octanol–water partition coefficient (Wildman–Crippen LogP) is -0.858. The number of carbonyl (C=O) groups is 4. The summed E-state index contributed by atoms with van der Waals surface area (Å²) in [5.41, 5.74) is 0. The molecule has 2 rings (SSSR count). The highest BCUT2D eigenvalue weighted by Crippen LogP contribution is 2.34. The van der Waals surface area contributed by atoms with Crippen molar-refractivity contribution in [3.63, 3.8) is 0 Å². The maximum Gasteiger partial charge on any atom is 0.242 e. The molecule has 0 spiro atoms. The number of fused-ring (bicyclic) bond motifs is 1. The molecule has 7 heteroatoms. The molecule has 0 radical (unpaired) electrons. The lowest BCUT2D eigenvalue weighted by molar-refractivity contribution is -0.146. The Labute approximate surface area is 122 Å². The lowest BCUT2D eigenvalue weighted by atomic mass is 9.85. The summed E-state index contributed by atoms with van der Waals surface area (Å²) in [6.07, 6.45) is 4.90. The van der Waals surface area contributed by atoms with Crippen LogP contribution in [0.5, 0.6) is 0 Å². The van der Waals surface area contributed by atoms with Crippen LogP contribution >= 0.6 is 0 Å². The Bertz CT molecular complexity index is 488. The van der Waals surface area contributed by atoms with Gasteiger partial charge in [0.1, 0.15) is 6.54 Å². The van der Waals surface area contributed by atoms with Crippen LogP contribution in [0, 0.1) is 11.8 Å². The molecule has 1 saturated heterocycles. The summed E-state index contributed by atoms with van der Waals surface area (Å²) in [4.78, 5) is 49.9. The Kier molecular flexibility index (Phi) is 4.40. The summed E-state index contributed by atoms with van der Waals surface area (Å²) in [7, 11) is 2.95. The zero-order valence-corrected chi connectivity index (χ0v) is 12.2. The maximum atomic E-state index is 12.2. The van der Waals surface area contributed by atoms with Crippen LogP contribution in [0.3, 0.4) is 0 Å². The Morgan fingerprint density at radius 2 is 1.76 bits per heavy atom. The molecule has 7 nitrogen and oxygen atoms in total. The fraction of sp³-hybridized carbons (Fsp3) is 0.571. The van der Waals surface area contributed by atoms with Gasteiger partial charge < -0.3 is 10.2 Å². The lowest BCUT2D eigenvalue weighted by Gasteiger charge is -2.20. The van der Waals surface area contributed by atoms with E-state index < -0.39 is 5.91 Å². The highest BCUT2D eigenvalue weighted by atomic mass is 16.2. The number of likely N-dealkylation sites (N-methyl/N-ethyl adjacent to an activating group) is 2. The van der Waals surface area contributed by atoms with Gasteiger partial charge in [-0.2, -0.15) is 0 Å². The molecule has 0 aromatic heterocycles. The second kappa shape index (κ2) is 6.07. The molecule has 2 aliphatic rings. The van der Waals surface area contributed by atoms with E-state index in [1.807, 2.05) is 12.2 Å². The van der Waals surface area contributed by atoms with Crippen molar-refractivity contribution < 1.29 is 19.2 Å². The van der Waals surface area contributed by atoms with Crippen LogP contribution in [0.2, 0.25) is 0 Å². The molecule has 1 aliphatic carbocycles. The van der Waals surface area contributed by atoms with Crippen molar-refractivity contribution in [2.24, 2.45) is 11.8 Å². The zero-order chi connectivity index (χ0) is 15.6. The number of allylic oxidation sites excluding steroid dienone is 2. The number of hydrogen-bond acceptors (Lipinski definition) is 4. The largest absolute Gasteiger partial charge is 0.358 e. The van der Waals surface area contributed by atoms with Crippen LogP contribution < -0.4 is 5.32 Å². The minimum absolute atomic E-state index is 0.0973. The van der Waals surface area contributed by atoms with E-state index in [1.54, 1.807) is 0 Å². The average molecular weight is 293 g/mol. The first-order valence-electron chi connectivity index (χ1n) is 6.90. The number of carbonyl (C=O) groups excluding carboxylic acids is 4. The molecule has 1 heterocycles. The van der Waals surface area contributed by atoms with Gasteiger partial charge in [0.25, 0.3) is 0 Å². The fourth-order valence-corrected chi connectivity index (χ4v) is 2.66. The lowest BCUT2D eigenvalue weighted by Crippen LogP contribution is -2.44. The molecule has 1 N–H and O–H groups in total. The molecule has 0 saturated carbocycles. The van der Waals surface area contributed by atoms with E-state index in [4.69, 9.17) is 0 Å². The molecule has 1 fully saturated rings. The first kappa shape index (κ1) is 15.2. The van der Waals surface area contributed by atoms with E-state index in [9.17, 15) is 19.2 Å². The third kappa shape index (κ3) is 2.96. The second-order valence-corrected chi connectivity index (χ2v) is 5.34. The van der Waals surface area contributed by atoms with Gasteiger partial charge in [-0.05, 0) is 12.8 Å². The minimum atomic E-state index is -0.424. The predicted molar refractivity (Wildman–Crippen MR) is 73.8 cm³/mol. The van der Waals surface area contributed by atoms with Crippen molar-refractivity contribution in [2.75, 3.05) is 27.2 Å². The molecule has 1 aliphatic heterocycles. The number of amides is 4. The highest BCUT2D eigenvalue weighted by molar-refractivity contribution is 6.07. The number of hydrogen-bond donors (Lipinski definition) is 1. The number of imide groups is 1. The molecule has 0 aromatic carbocycles. The third-order valence-corrected chi connectivity index (χ3v) is 3.98. The smallest absolute Gasteiger partial charge is 0.242 e. The van der Waals surface area contributed by atoms with Crippen LogP contribution in [0.25, 0.3) is 0 Å². The van der Waals surface area contributed by atoms with Crippen molar-refractivity contribution >= 4 is 23.6 Å². The van der Waals surface area contributed by atoms with Gasteiger partial charge in [-0.1, -0.05) is 12.2 Å². The van der Waals surface area contributed by atoms with Gasteiger partial charge in [0.2, 0.25) is 23.6 Å². The first-order valence-corrected chi connectivity index (χ1v) is 6.90. The molecular formula is C14H19N3O4. The summed E-state index contributed by atoms with van der Waals surface area (Å²) >= 11 is 0. The van der Waals surface area contributed by atoms with Crippen LogP contribution in [-0.2, 0) is 19.2 Å². The summed E-state index contributed by atoms with van der Waals surface area (Å²) in [5, 5.41) is 2.41. The highest BCUT2D eigenvalue weighted by Gasteiger charge is 2.47. The Morgan fingerprint density at radius 1 is 1.24 bits per heavy atom. The molecule has 0 bridgehead atoms. The van der Waals surface area contributed by atoms with Gasteiger partial charge in [-0.25, -0.2) is 0 Å². The standard InChI is InChI=1S/C14H19N3O4/c1-15-11(18)7-16(2)12(19)8-17-13(20)9-5-3-4-6-10(9)14(17)21/h3-4,9-10H,5-8H2,1-2H3,(H,15,18)/t9-,10-/m1/s1. The zero-order valence-electron chi connectivity index (χ0n) is 12.2. The average Bonchev–Trinajstić information content (AvgIpc) is 2.72. The molecule has 114 valence electrons. The SMILES string of the molecule is CNC(=O)CN(C)C(=O)CN1C(=O)[C@@H]2CC=CC[C@H]2C1=O. The van der Waals surface area contributed by atoms with Gasteiger partial charge in [0.15, 0.2) is 0 Å². The summed E-state index contributed by atoms with van der Waals surface area (Å²) < 4.78 is 0. The molecule has 21 heavy (non-hydrogen) atoms. The van der Waals surface area contributed by atoms with Gasteiger partial charge in [-0.15, -0.1) is 0 Å². The third-order valence-electron chi connectivity index (χ3n) is 3.98. The van der Waals surface area contributed by atoms with E-state index in [1.165, 1.54) is 19.0 Å². The minimum Gasteiger partial charge on any atom is -0.358 e. The maximum absolute atomic E-state index is 12.2. The van der Waals surface area contributed by atoms with Crippen LogP contribution in [-0.4, -0.2) is 60.6 Å². The van der Waals surface area contributed by atoms with Crippen molar-refractivity contribution in [3.8, 4) is 0 Å². The van der Waals surface area contributed by atoms with Crippen molar-refractivity contribution in [1.29, 1.82) is 0 Å². The molecule has 2 atom stereocenters. The van der Waals surface area contributed by atoms with Crippen LogP contribution in [0.4, 0.5) is 0 Å². The summed E-state index contributed by atoms with van der Waals surface area (Å²) in [5.74, 6) is -1.96. The van der Waals surface area contributed by atoms with E-state index in [0.29, 0.717) is 12.8 Å². The van der Waals surface area contributed by atoms with E-state index in [2.05, 4.69) is 5.32 Å². The second-order valence-electron chi connectivity index (χ2n) is 5.34. The number of nitrogens with zero attached hydrogens (tertiary/aromatic N) is 2. The fourth-order valence-electron chi connectivity index (χ4n) is 2.66. The molecular weight excluding hydrogens is 274 g/mol. The monoisotopic (exact) mass is 293 g/mol. The van der Waals surface area contributed by atoms with E-state index in [0.717, 1.165) is 4.90 Å². The normalized spacial score (nSPS) is 24.0. The Balaban J connectivity index is 2.00. The molecule has 4 amide bonds. The van der Waals surface area contributed by atoms with E-state index in [-0.39, 0.29) is 42.6 Å². The van der Waals surface area contributed by atoms with Crippen molar-refractivity contribution in [3.05, 3.63) is 12.2 Å².